The van der Waals surface area contributed by atoms with Gasteiger partial charge in [0.2, 0.25) is 0 Å². The van der Waals surface area contributed by atoms with E-state index in [4.69, 9.17) is 0 Å². The minimum atomic E-state index is -4.31. The molecular weight excluding hydrogens is 291 g/mol. The summed E-state index contributed by atoms with van der Waals surface area (Å²) in [6.07, 6.45) is -4.31. The lowest BCUT2D eigenvalue weighted by Gasteiger charge is -2.08. The maximum absolute atomic E-state index is 11.8. The van der Waals surface area contributed by atoms with Gasteiger partial charge in [-0.25, -0.2) is 0 Å². The third-order valence-electron chi connectivity index (χ3n) is 1.84. The zero-order valence-corrected chi connectivity index (χ0v) is 10.2. The summed E-state index contributed by atoms with van der Waals surface area (Å²) in [4.78, 5) is 0. The topological polar surface area (TPSA) is 39.9 Å². The highest BCUT2D eigenvalue weighted by Crippen LogP contribution is 2.15. The first kappa shape index (κ1) is 13.4. The lowest BCUT2D eigenvalue weighted by molar-refractivity contribution is -0.177. The average molecular weight is 302 g/mol. The van der Waals surface area contributed by atoms with Gasteiger partial charge >= 0.3 is 6.18 Å². The zero-order valence-electron chi connectivity index (χ0n) is 8.59. The highest BCUT2D eigenvalue weighted by atomic mass is 79.9. The first-order chi connectivity index (χ1) is 7.48. The van der Waals surface area contributed by atoms with Crippen molar-refractivity contribution in [3.05, 3.63) is 11.6 Å². The van der Waals surface area contributed by atoms with Gasteiger partial charge in [-0.05, 0) is 6.92 Å². The molecule has 0 spiro atoms. The molecular formula is C8H11BrF3N3O. The van der Waals surface area contributed by atoms with Crippen LogP contribution in [-0.4, -0.2) is 27.5 Å². The van der Waals surface area contributed by atoms with E-state index in [1.807, 2.05) is 6.92 Å². The molecule has 1 heterocycles. The molecule has 0 aliphatic carbocycles. The molecule has 92 valence electrons. The van der Waals surface area contributed by atoms with Crippen LogP contribution in [0, 0.1) is 0 Å². The predicted molar refractivity (Wildman–Crippen MR) is 54.0 cm³/mol. The number of aromatic nitrogens is 3. The summed E-state index contributed by atoms with van der Waals surface area (Å²) in [5.74, 6) is 1.08. The van der Waals surface area contributed by atoms with Crippen LogP contribution in [-0.2, 0) is 23.2 Å². The van der Waals surface area contributed by atoms with E-state index < -0.39 is 12.8 Å². The summed E-state index contributed by atoms with van der Waals surface area (Å²) in [5, 5.41) is 8.10. The van der Waals surface area contributed by atoms with Gasteiger partial charge in [-0.2, -0.15) is 13.2 Å². The van der Waals surface area contributed by atoms with Crippen LogP contribution < -0.4 is 0 Å². The average Bonchev–Trinajstić information content (AvgIpc) is 2.58. The number of ether oxygens (including phenoxy) is 1. The van der Waals surface area contributed by atoms with Gasteiger partial charge in [0.1, 0.15) is 19.0 Å². The minimum Gasteiger partial charge on any atom is -0.364 e. The fourth-order valence-corrected chi connectivity index (χ4v) is 1.62. The van der Waals surface area contributed by atoms with Gasteiger partial charge in [0, 0.05) is 6.54 Å². The fourth-order valence-electron chi connectivity index (χ4n) is 1.20. The maximum atomic E-state index is 11.8. The first-order valence-corrected chi connectivity index (χ1v) is 5.71. The molecule has 0 unspecified atom stereocenters. The second-order valence-corrected chi connectivity index (χ2v) is 3.58. The van der Waals surface area contributed by atoms with Crippen LogP contribution in [0.2, 0.25) is 0 Å². The van der Waals surface area contributed by atoms with Gasteiger partial charge < -0.3 is 9.30 Å². The van der Waals surface area contributed by atoms with Crippen LogP contribution in [0.1, 0.15) is 18.6 Å². The molecule has 0 aliphatic heterocycles. The van der Waals surface area contributed by atoms with Gasteiger partial charge in [0.15, 0.2) is 5.82 Å². The van der Waals surface area contributed by atoms with Crippen molar-refractivity contribution in [2.45, 2.75) is 31.6 Å². The van der Waals surface area contributed by atoms with Crippen molar-refractivity contribution in [3.63, 3.8) is 0 Å². The lowest BCUT2D eigenvalue weighted by Crippen LogP contribution is -2.18. The Morgan fingerprint density at radius 3 is 2.44 bits per heavy atom. The molecule has 0 amide bonds. The quantitative estimate of drug-likeness (QED) is 0.783. The molecule has 16 heavy (non-hydrogen) atoms. The van der Waals surface area contributed by atoms with Crippen molar-refractivity contribution in [2.24, 2.45) is 0 Å². The molecule has 0 aliphatic rings. The molecule has 0 radical (unpaired) electrons. The third kappa shape index (κ3) is 3.75. The van der Waals surface area contributed by atoms with Gasteiger partial charge in [0.05, 0.1) is 5.33 Å². The van der Waals surface area contributed by atoms with Crippen LogP contribution in [0.25, 0.3) is 0 Å². The largest absolute Gasteiger partial charge is 0.411 e. The number of alkyl halides is 4. The molecule has 0 saturated heterocycles. The molecule has 0 saturated carbocycles. The summed E-state index contributed by atoms with van der Waals surface area (Å²) in [6, 6.07) is 0. The summed E-state index contributed by atoms with van der Waals surface area (Å²) in [5.41, 5.74) is 0. The van der Waals surface area contributed by atoms with E-state index >= 15 is 0 Å². The van der Waals surface area contributed by atoms with Crippen LogP contribution >= 0.6 is 15.9 Å². The maximum Gasteiger partial charge on any atom is 0.411 e. The second-order valence-electron chi connectivity index (χ2n) is 3.02. The van der Waals surface area contributed by atoms with E-state index in [2.05, 4.69) is 30.9 Å². The molecule has 0 bridgehead atoms. The van der Waals surface area contributed by atoms with Crippen LogP contribution in [0.15, 0.2) is 0 Å². The van der Waals surface area contributed by atoms with Crippen LogP contribution in [0.5, 0.6) is 0 Å². The number of halogens is 4. The Labute approximate surface area is 98.9 Å². The zero-order chi connectivity index (χ0) is 12.2. The molecule has 0 atom stereocenters. The Morgan fingerprint density at radius 1 is 1.31 bits per heavy atom. The molecule has 4 nitrogen and oxygen atoms in total. The van der Waals surface area contributed by atoms with Crippen LogP contribution in [0.3, 0.4) is 0 Å². The van der Waals surface area contributed by atoms with Crippen molar-refractivity contribution >= 4 is 15.9 Å². The fraction of sp³-hybridized carbons (Fsp3) is 0.750. The van der Waals surface area contributed by atoms with E-state index in [9.17, 15) is 13.2 Å². The summed E-state index contributed by atoms with van der Waals surface area (Å²) >= 11 is 3.22. The van der Waals surface area contributed by atoms with Crippen LogP contribution in [0.4, 0.5) is 13.2 Å². The number of hydrogen-bond acceptors (Lipinski definition) is 3. The molecule has 0 fully saturated rings. The van der Waals surface area contributed by atoms with E-state index in [-0.39, 0.29) is 6.61 Å². The van der Waals surface area contributed by atoms with Gasteiger partial charge in [-0.1, -0.05) is 15.9 Å². The van der Waals surface area contributed by atoms with Gasteiger partial charge in [-0.15, -0.1) is 10.2 Å². The Bertz CT molecular complexity index is 340. The monoisotopic (exact) mass is 301 g/mol. The SMILES string of the molecule is CCn1c(CBr)nnc1COCC(F)(F)F. The number of hydrogen-bond donors (Lipinski definition) is 0. The highest BCUT2D eigenvalue weighted by molar-refractivity contribution is 9.08. The lowest BCUT2D eigenvalue weighted by atomic mass is 10.5. The molecule has 1 aromatic rings. The third-order valence-corrected chi connectivity index (χ3v) is 2.34. The van der Waals surface area contributed by atoms with E-state index in [0.29, 0.717) is 23.5 Å². The predicted octanol–water partition coefficient (Wildman–Crippen LogP) is 2.27. The Kier molecular flexibility index (Phi) is 4.72. The summed E-state index contributed by atoms with van der Waals surface area (Å²) in [6.45, 7) is 1.00. The minimum absolute atomic E-state index is 0.187. The molecule has 1 rings (SSSR count). The summed E-state index contributed by atoms with van der Waals surface area (Å²) in [7, 11) is 0. The van der Waals surface area contributed by atoms with Crippen molar-refractivity contribution < 1.29 is 17.9 Å². The van der Waals surface area contributed by atoms with Crippen molar-refractivity contribution in [1.82, 2.24) is 14.8 Å². The Hall–Kier alpha value is -0.630. The normalized spacial score (nSPS) is 12.1. The number of rotatable bonds is 5. The molecule has 0 aromatic carbocycles. The Morgan fingerprint density at radius 2 is 1.94 bits per heavy atom. The van der Waals surface area contributed by atoms with E-state index in [1.54, 1.807) is 4.57 Å². The summed E-state index contributed by atoms with van der Waals surface area (Å²) < 4.78 is 41.7. The highest BCUT2D eigenvalue weighted by Gasteiger charge is 2.27. The van der Waals surface area contributed by atoms with E-state index in [0.717, 1.165) is 0 Å². The van der Waals surface area contributed by atoms with E-state index in [1.165, 1.54) is 0 Å². The first-order valence-electron chi connectivity index (χ1n) is 4.59. The van der Waals surface area contributed by atoms with Crippen molar-refractivity contribution in [2.75, 3.05) is 6.61 Å². The smallest absolute Gasteiger partial charge is 0.364 e. The standard InChI is InChI=1S/C8H11BrF3N3O/c1-2-15-6(3-9)13-14-7(15)4-16-5-8(10,11)12/h2-5H2,1H3. The van der Waals surface area contributed by atoms with Crippen molar-refractivity contribution in [1.29, 1.82) is 0 Å². The molecule has 8 heteroatoms. The van der Waals surface area contributed by atoms with Crippen molar-refractivity contribution in [3.8, 4) is 0 Å². The molecule has 0 N–H and O–H groups in total. The second kappa shape index (κ2) is 5.62. The Balaban J connectivity index is 2.57. The van der Waals surface area contributed by atoms with Gasteiger partial charge in [0.25, 0.3) is 0 Å². The number of nitrogens with zero attached hydrogens (tertiary/aromatic N) is 3. The molecule has 1 aromatic heterocycles. The van der Waals surface area contributed by atoms with Gasteiger partial charge in [-0.3, -0.25) is 0 Å².